The molecule has 0 saturated carbocycles. The average molecular weight is 204 g/mol. The van der Waals surface area contributed by atoms with Crippen molar-refractivity contribution in [1.82, 2.24) is 0 Å². The molecule has 0 spiro atoms. The van der Waals surface area contributed by atoms with Crippen molar-refractivity contribution in [2.45, 2.75) is 40.2 Å². The summed E-state index contributed by atoms with van der Waals surface area (Å²) in [6.45, 7) is 14.2. The molecule has 0 saturated heterocycles. The van der Waals surface area contributed by atoms with E-state index in [-0.39, 0.29) is 5.60 Å². The lowest BCUT2D eigenvalue weighted by molar-refractivity contribution is 0.130. The zero-order chi connectivity index (χ0) is 11.6. The third-order valence-corrected chi connectivity index (χ3v) is 2.10. The van der Waals surface area contributed by atoms with Crippen LogP contribution in [-0.2, 0) is 0 Å². The van der Waals surface area contributed by atoms with Gasteiger partial charge in [0.05, 0.1) is 0 Å². The Hall–Kier alpha value is -1.24. The van der Waals surface area contributed by atoms with Gasteiger partial charge < -0.3 is 4.74 Å². The molecule has 0 N–H and O–H groups in total. The predicted octanol–water partition coefficient (Wildman–Crippen LogP) is 4.21. The summed E-state index contributed by atoms with van der Waals surface area (Å²) in [7, 11) is 0. The van der Waals surface area contributed by atoms with Crippen molar-refractivity contribution in [3.8, 4) is 5.75 Å². The molecule has 0 fully saturated rings. The smallest absolute Gasteiger partial charge is 0.123 e. The Bertz CT molecular complexity index is 369. The molecule has 0 atom stereocenters. The molecule has 1 aromatic carbocycles. The van der Waals surface area contributed by atoms with E-state index in [9.17, 15) is 0 Å². The van der Waals surface area contributed by atoms with E-state index in [1.54, 1.807) is 0 Å². The van der Waals surface area contributed by atoms with Crippen molar-refractivity contribution in [3.63, 3.8) is 0 Å². The molecule has 0 amide bonds. The molecule has 0 heterocycles. The lowest BCUT2D eigenvalue weighted by Crippen LogP contribution is -2.23. The minimum absolute atomic E-state index is 0.154. The maximum atomic E-state index is 5.88. The lowest BCUT2D eigenvalue weighted by atomic mass is 10.1. The molecule has 0 aliphatic rings. The first-order valence-corrected chi connectivity index (χ1v) is 5.25. The van der Waals surface area contributed by atoms with E-state index in [4.69, 9.17) is 4.74 Å². The minimum atomic E-state index is -0.154. The normalized spacial score (nSPS) is 11.3. The van der Waals surface area contributed by atoms with Crippen LogP contribution in [0.15, 0.2) is 24.8 Å². The second-order valence-electron chi connectivity index (χ2n) is 4.98. The van der Waals surface area contributed by atoms with Gasteiger partial charge in [-0.3, -0.25) is 0 Å². The quantitative estimate of drug-likeness (QED) is 0.701. The van der Waals surface area contributed by atoms with Crippen LogP contribution in [0, 0.1) is 6.92 Å². The van der Waals surface area contributed by atoms with Gasteiger partial charge in [0, 0.05) is 0 Å². The van der Waals surface area contributed by atoms with Gasteiger partial charge in [0.1, 0.15) is 11.4 Å². The number of allylic oxidation sites excluding steroid dienone is 1. The molecule has 1 aromatic rings. The molecular formula is C14H20O. The van der Waals surface area contributed by atoms with Crippen LogP contribution >= 0.6 is 0 Å². The van der Waals surface area contributed by atoms with Gasteiger partial charge in [-0.15, -0.1) is 0 Å². The Morgan fingerprint density at radius 3 is 2.33 bits per heavy atom. The van der Waals surface area contributed by atoms with Gasteiger partial charge in [-0.25, -0.2) is 0 Å². The van der Waals surface area contributed by atoms with E-state index in [2.05, 4.69) is 52.5 Å². The number of benzene rings is 1. The number of hydrogen-bond acceptors (Lipinski definition) is 1. The van der Waals surface area contributed by atoms with Crippen LogP contribution in [-0.4, -0.2) is 5.60 Å². The van der Waals surface area contributed by atoms with Gasteiger partial charge in [-0.1, -0.05) is 24.3 Å². The number of rotatable bonds is 2. The molecule has 0 aliphatic carbocycles. The third-order valence-electron chi connectivity index (χ3n) is 2.10. The van der Waals surface area contributed by atoms with E-state index < -0.39 is 0 Å². The van der Waals surface area contributed by atoms with Crippen molar-refractivity contribution in [1.29, 1.82) is 0 Å². The molecule has 0 unspecified atom stereocenters. The predicted molar refractivity (Wildman–Crippen MR) is 66.3 cm³/mol. The molecule has 1 nitrogen and oxygen atoms in total. The first-order chi connectivity index (χ1) is 6.79. The summed E-state index contributed by atoms with van der Waals surface area (Å²) in [4.78, 5) is 0. The highest BCUT2D eigenvalue weighted by molar-refractivity contribution is 5.63. The molecule has 0 radical (unpaired) electrons. The molecule has 82 valence electrons. The molecular weight excluding hydrogens is 184 g/mol. The van der Waals surface area contributed by atoms with Crippen molar-refractivity contribution >= 4 is 5.57 Å². The van der Waals surface area contributed by atoms with E-state index >= 15 is 0 Å². The van der Waals surface area contributed by atoms with Crippen LogP contribution in [0.3, 0.4) is 0 Å². The van der Waals surface area contributed by atoms with Crippen molar-refractivity contribution < 1.29 is 4.74 Å². The molecule has 0 aromatic heterocycles. The lowest BCUT2D eigenvalue weighted by Gasteiger charge is -2.23. The van der Waals surface area contributed by atoms with Gasteiger partial charge in [0.25, 0.3) is 0 Å². The van der Waals surface area contributed by atoms with Gasteiger partial charge in [-0.05, 0) is 51.8 Å². The first-order valence-electron chi connectivity index (χ1n) is 5.25. The van der Waals surface area contributed by atoms with Gasteiger partial charge in [-0.2, -0.15) is 0 Å². The van der Waals surface area contributed by atoms with E-state index in [0.29, 0.717) is 0 Å². The number of ether oxygens (including phenoxy) is 1. The Balaban J connectivity index is 3.06. The summed E-state index contributed by atoms with van der Waals surface area (Å²) in [5.41, 5.74) is 3.21. The Labute approximate surface area is 92.8 Å². The van der Waals surface area contributed by atoms with Gasteiger partial charge in [0.15, 0.2) is 0 Å². The highest BCUT2D eigenvalue weighted by Crippen LogP contribution is 2.26. The first kappa shape index (κ1) is 11.8. The van der Waals surface area contributed by atoms with E-state index in [1.165, 1.54) is 0 Å². The topological polar surface area (TPSA) is 9.23 Å². The maximum Gasteiger partial charge on any atom is 0.123 e. The molecule has 1 rings (SSSR count). The fourth-order valence-electron chi connectivity index (χ4n) is 1.31. The zero-order valence-corrected chi connectivity index (χ0v) is 10.3. The monoisotopic (exact) mass is 204 g/mol. The van der Waals surface area contributed by atoms with E-state index in [1.807, 2.05) is 6.92 Å². The molecule has 0 aliphatic heterocycles. The summed E-state index contributed by atoms with van der Waals surface area (Å²) >= 11 is 0. The Kier molecular flexibility index (Phi) is 3.23. The van der Waals surface area contributed by atoms with Crippen LogP contribution in [0.1, 0.15) is 38.8 Å². The second kappa shape index (κ2) is 4.09. The van der Waals surface area contributed by atoms with Crippen LogP contribution in [0.2, 0.25) is 0 Å². The fraction of sp³-hybridized carbons (Fsp3) is 0.429. The standard InChI is InChI=1S/C14H20O/c1-10(2)12-8-7-11(3)13(9-12)15-14(4,5)6/h7-9H,1H2,2-6H3. The average Bonchev–Trinajstić information content (AvgIpc) is 2.06. The molecule has 15 heavy (non-hydrogen) atoms. The maximum absolute atomic E-state index is 5.88. The van der Waals surface area contributed by atoms with Crippen LogP contribution in [0.4, 0.5) is 0 Å². The van der Waals surface area contributed by atoms with Gasteiger partial charge in [0.2, 0.25) is 0 Å². The summed E-state index contributed by atoms with van der Waals surface area (Å²) < 4.78 is 5.88. The van der Waals surface area contributed by atoms with Crippen molar-refractivity contribution in [2.24, 2.45) is 0 Å². The number of aryl methyl sites for hydroxylation is 1. The zero-order valence-electron chi connectivity index (χ0n) is 10.3. The van der Waals surface area contributed by atoms with Crippen molar-refractivity contribution in [3.05, 3.63) is 35.9 Å². The van der Waals surface area contributed by atoms with Crippen LogP contribution in [0.25, 0.3) is 5.57 Å². The summed E-state index contributed by atoms with van der Waals surface area (Å²) in [6.07, 6.45) is 0. The van der Waals surface area contributed by atoms with Crippen LogP contribution < -0.4 is 4.74 Å². The Morgan fingerprint density at radius 2 is 1.87 bits per heavy atom. The number of hydrogen-bond donors (Lipinski definition) is 0. The minimum Gasteiger partial charge on any atom is -0.488 e. The molecule has 1 heteroatoms. The van der Waals surface area contributed by atoms with Crippen LogP contribution in [0.5, 0.6) is 5.75 Å². The van der Waals surface area contributed by atoms with E-state index in [0.717, 1.165) is 22.4 Å². The van der Waals surface area contributed by atoms with Gasteiger partial charge >= 0.3 is 0 Å². The Morgan fingerprint density at radius 1 is 1.27 bits per heavy atom. The fourth-order valence-corrected chi connectivity index (χ4v) is 1.31. The second-order valence-corrected chi connectivity index (χ2v) is 4.98. The highest BCUT2D eigenvalue weighted by atomic mass is 16.5. The third kappa shape index (κ3) is 3.43. The van der Waals surface area contributed by atoms with Crippen molar-refractivity contribution in [2.75, 3.05) is 0 Å². The summed E-state index contributed by atoms with van der Waals surface area (Å²) in [6, 6.07) is 6.21. The molecule has 0 bridgehead atoms. The summed E-state index contributed by atoms with van der Waals surface area (Å²) in [5.74, 6) is 0.947. The highest BCUT2D eigenvalue weighted by Gasteiger charge is 2.13. The SMILES string of the molecule is C=C(C)c1ccc(C)c(OC(C)(C)C)c1. The largest absolute Gasteiger partial charge is 0.488 e. The summed E-state index contributed by atoms with van der Waals surface area (Å²) in [5, 5.41) is 0.